The number of nitrogens with one attached hydrogen (secondary N) is 2. The first-order valence-electron chi connectivity index (χ1n) is 10.4. The van der Waals surface area contributed by atoms with E-state index in [-0.39, 0.29) is 40.2 Å². The van der Waals surface area contributed by atoms with Gasteiger partial charge in [0.05, 0.1) is 18.0 Å². The van der Waals surface area contributed by atoms with Crippen molar-refractivity contribution in [1.82, 2.24) is 19.8 Å². The molecule has 2 N–H and O–H groups in total. The molecule has 3 rings (SSSR count). The summed E-state index contributed by atoms with van der Waals surface area (Å²) in [6.45, 7) is 5.54. The molecule has 0 saturated heterocycles. The van der Waals surface area contributed by atoms with Gasteiger partial charge in [-0.2, -0.15) is 8.42 Å². The number of sulfonamides is 1. The van der Waals surface area contributed by atoms with Crippen LogP contribution in [0.5, 0.6) is 5.75 Å². The molecule has 1 aliphatic heterocycles. The van der Waals surface area contributed by atoms with Crippen molar-refractivity contribution in [3.05, 3.63) is 36.3 Å². The fraction of sp³-hybridized carbons (Fsp3) is 0.524. The lowest BCUT2D eigenvalue weighted by molar-refractivity contribution is 0.0281. The average Bonchev–Trinajstić information content (AvgIpc) is 3.20. The number of carbonyl (C=O) groups is 1. The molecule has 0 fully saturated rings. The van der Waals surface area contributed by atoms with E-state index in [0.29, 0.717) is 18.9 Å². The Balaban J connectivity index is 1.93. The Morgan fingerprint density at radius 3 is 2.69 bits per heavy atom. The van der Waals surface area contributed by atoms with Crippen LogP contribution in [0.3, 0.4) is 0 Å². The van der Waals surface area contributed by atoms with Crippen LogP contribution < -0.4 is 14.8 Å². The van der Waals surface area contributed by atoms with E-state index >= 15 is 0 Å². The molecule has 1 aromatic heterocycles. The van der Waals surface area contributed by atoms with Crippen LogP contribution >= 0.6 is 0 Å². The van der Waals surface area contributed by atoms with Crippen LogP contribution in [0.15, 0.2) is 35.7 Å². The Labute approximate surface area is 189 Å². The van der Waals surface area contributed by atoms with Gasteiger partial charge in [0.25, 0.3) is 15.9 Å². The van der Waals surface area contributed by atoms with Crippen LogP contribution in [0.4, 0.5) is 5.69 Å². The quantitative estimate of drug-likeness (QED) is 0.700. The van der Waals surface area contributed by atoms with Crippen LogP contribution in [0.1, 0.15) is 24.2 Å². The second-order valence-corrected chi connectivity index (χ2v) is 9.88. The third kappa shape index (κ3) is 5.59. The van der Waals surface area contributed by atoms with Crippen molar-refractivity contribution in [2.45, 2.75) is 31.0 Å². The predicted molar refractivity (Wildman–Crippen MR) is 120 cm³/mol. The number of methoxy groups -OCH3 is 1. The molecule has 0 bridgehead atoms. The van der Waals surface area contributed by atoms with Crippen molar-refractivity contribution in [2.75, 3.05) is 38.6 Å². The van der Waals surface area contributed by atoms with E-state index in [1.54, 1.807) is 42.8 Å². The van der Waals surface area contributed by atoms with E-state index < -0.39 is 10.0 Å². The van der Waals surface area contributed by atoms with Crippen molar-refractivity contribution in [2.24, 2.45) is 13.0 Å². The number of aryl methyl sites for hydroxylation is 1. The number of amides is 1. The summed E-state index contributed by atoms with van der Waals surface area (Å²) < 4.78 is 40.9. The topological polar surface area (TPSA) is 115 Å². The monoisotopic (exact) mass is 465 g/mol. The van der Waals surface area contributed by atoms with Crippen molar-refractivity contribution < 1.29 is 22.7 Å². The highest BCUT2D eigenvalue weighted by molar-refractivity contribution is 7.92. The number of benzene rings is 1. The normalized spacial score (nSPS) is 23.0. The molecule has 0 unspecified atom stereocenters. The van der Waals surface area contributed by atoms with Crippen molar-refractivity contribution in [3.8, 4) is 5.75 Å². The fourth-order valence-corrected chi connectivity index (χ4v) is 4.49. The maximum absolute atomic E-state index is 13.3. The first-order chi connectivity index (χ1) is 15.1. The number of imidazole rings is 1. The molecule has 11 heteroatoms. The molecular weight excluding hydrogens is 434 g/mol. The zero-order valence-electron chi connectivity index (χ0n) is 19.0. The van der Waals surface area contributed by atoms with E-state index in [1.165, 1.54) is 18.6 Å². The summed E-state index contributed by atoms with van der Waals surface area (Å²) in [6.07, 6.45) is 2.65. The molecule has 2 aromatic rings. The minimum absolute atomic E-state index is 0.0531. The average molecular weight is 466 g/mol. The van der Waals surface area contributed by atoms with Crippen LogP contribution in [-0.2, 0) is 21.8 Å². The summed E-state index contributed by atoms with van der Waals surface area (Å²) in [5, 5.41) is 3.32. The minimum Gasteiger partial charge on any atom is -0.491 e. The SMILES string of the molecule is CO[C@H]1CN(C)C(=O)c2cc(NS(=O)(=O)c3cn(C)cn3)ccc2OC[C@@H](C)NC[C@@H]1C. The van der Waals surface area contributed by atoms with E-state index in [4.69, 9.17) is 9.47 Å². The number of aromatic nitrogens is 2. The highest BCUT2D eigenvalue weighted by Crippen LogP contribution is 2.27. The predicted octanol–water partition coefficient (Wildman–Crippen LogP) is 1.31. The number of rotatable bonds is 4. The number of likely N-dealkylation sites (N-methyl/N-ethyl adjacent to an activating group) is 1. The Hall–Kier alpha value is -2.63. The van der Waals surface area contributed by atoms with Gasteiger partial charge >= 0.3 is 0 Å². The molecule has 0 spiro atoms. The standard InChI is InChI=1S/C21H31N5O5S/c1-14-9-22-15(2)12-31-18-7-6-16(24-32(28,29)20-11-25(3)13-23-20)8-17(18)21(27)26(4)10-19(14)30-5/h6-8,11,13-15,19,22,24H,9-10,12H2,1-5H3/t14-,15+,19-/m0/s1. The summed E-state index contributed by atoms with van der Waals surface area (Å²) in [5.41, 5.74) is 0.513. The molecule has 1 amide bonds. The number of ether oxygens (including phenoxy) is 2. The number of nitrogens with zero attached hydrogens (tertiary/aromatic N) is 3. The second kappa shape index (κ2) is 9.88. The number of hydrogen-bond acceptors (Lipinski definition) is 7. The Bertz CT molecular complexity index is 1050. The molecule has 32 heavy (non-hydrogen) atoms. The molecule has 1 aromatic carbocycles. The van der Waals surface area contributed by atoms with Gasteiger partial charge in [-0.1, -0.05) is 6.92 Å². The fourth-order valence-electron chi connectivity index (χ4n) is 3.46. The second-order valence-electron chi connectivity index (χ2n) is 8.25. The smallest absolute Gasteiger partial charge is 0.280 e. The minimum atomic E-state index is -3.90. The van der Waals surface area contributed by atoms with Gasteiger partial charge in [-0.25, -0.2) is 4.98 Å². The zero-order valence-corrected chi connectivity index (χ0v) is 19.8. The van der Waals surface area contributed by atoms with Gasteiger partial charge in [0, 0.05) is 52.2 Å². The molecule has 0 radical (unpaired) electrons. The lowest BCUT2D eigenvalue weighted by Crippen LogP contribution is -2.44. The third-order valence-electron chi connectivity index (χ3n) is 5.43. The summed E-state index contributed by atoms with van der Waals surface area (Å²) in [6, 6.07) is 4.71. The largest absolute Gasteiger partial charge is 0.491 e. The molecule has 0 saturated carbocycles. The highest BCUT2D eigenvalue weighted by atomic mass is 32.2. The van der Waals surface area contributed by atoms with Crippen molar-refractivity contribution in [3.63, 3.8) is 0 Å². The molecular formula is C21H31N5O5S. The van der Waals surface area contributed by atoms with Crippen molar-refractivity contribution in [1.29, 1.82) is 0 Å². The Morgan fingerprint density at radius 1 is 1.28 bits per heavy atom. The van der Waals surface area contributed by atoms with E-state index in [2.05, 4.69) is 21.9 Å². The van der Waals surface area contributed by atoms with Gasteiger partial charge in [-0.3, -0.25) is 9.52 Å². The van der Waals surface area contributed by atoms with Crippen LogP contribution in [-0.4, -0.2) is 74.8 Å². The first-order valence-corrected chi connectivity index (χ1v) is 11.9. The molecule has 10 nitrogen and oxygen atoms in total. The van der Waals surface area contributed by atoms with Crippen LogP contribution in [0, 0.1) is 5.92 Å². The third-order valence-corrected chi connectivity index (χ3v) is 6.70. The van der Waals surface area contributed by atoms with E-state index in [1.807, 2.05) is 6.92 Å². The van der Waals surface area contributed by atoms with Crippen LogP contribution in [0.25, 0.3) is 0 Å². The highest BCUT2D eigenvalue weighted by Gasteiger charge is 2.26. The number of hydrogen-bond donors (Lipinski definition) is 2. The van der Waals surface area contributed by atoms with Gasteiger partial charge in [0.1, 0.15) is 12.4 Å². The molecule has 1 aliphatic rings. The van der Waals surface area contributed by atoms with Gasteiger partial charge in [0.2, 0.25) is 0 Å². The lowest BCUT2D eigenvalue weighted by atomic mass is 10.0. The van der Waals surface area contributed by atoms with E-state index in [0.717, 1.165) is 6.54 Å². The molecule has 2 heterocycles. The maximum Gasteiger partial charge on any atom is 0.280 e. The van der Waals surface area contributed by atoms with Gasteiger partial charge < -0.3 is 24.3 Å². The maximum atomic E-state index is 13.3. The molecule has 0 aliphatic carbocycles. The van der Waals surface area contributed by atoms with E-state index in [9.17, 15) is 13.2 Å². The zero-order chi connectivity index (χ0) is 23.5. The van der Waals surface area contributed by atoms with Gasteiger partial charge in [0.15, 0.2) is 5.03 Å². The number of fused-ring (bicyclic) bond motifs is 1. The summed E-state index contributed by atoms with van der Waals surface area (Å²) in [7, 11) is 1.11. The summed E-state index contributed by atoms with van der Waals surface area (Å²) >= 11 is 0. The molecule has 176 valence electrons. The summed E-state index contributed by atoms with van der Waals surface area (Å²) in [5.74, 6) is 0.279. The first kappa shape index (κ1) is 24.0. The summed E-state index contributed by atoms with van der Waals surface area (Å²) in [4.78, 5) is 18.7. The Morgan fingerprint density at radius 2 is 2.03 bits per heavy atom. The lowest BCUT2D eigenvalue weighted by Gasteiger charge is -2.30. The van der Waals surface area contributed by atoms with Crippen molar-refractivity contribution >= 4 is 21.6 Å². The van der Waals surface area contributed by atoms with Gasteiger partial charge in [-0.15, -0.1) is 0 Å². The Kier molecular flexibility index (Phi) is 7.42. The van der Waals surface area contributed by atoms with Gasteiger partial charge in [-0.05, 0) is 31.0 Å². The number of carbonyl (C=O) groups excluding carboxylic acids is 1. The number of anilines is 1. The molecule has 3 atom stereocenters. The van der Waals surface area contributed by atoms with Crippen LogP contribution in [0.2, 0.25) is 0 Å².